The van der Waals surface area contributed by atoms with Gasteiger partial charge in [0.25, 0.3) is 0 Å². The van der Waals surface area contributed by atoms with Gasteiger partial charge in [-0.15, -0.1) is 0 Å². The van der Waals surface area contributed by atoms with Crippen LogP contribution in [0.3, 0.4) is 0 Å². The molecule has 0 fully saturated rings. The first kappa shape index (κ1) is 20.6. The minimum absolute atomic E-state index is 0.0107. The van der Waals surface area contributed by atoms with Crippen molar-refractivity contribution in [3.63, 3.8) is 0 Å². The smallest absolute Gasteiger partial charge is 0.227 e. The highest BCUT2D eigenvalue weighted by Crippen LogP contribution is 2.13. The Hall–Kier alpha value is -2.76. The van der Waals surface area contributed by atoms with Crippen LogP contribution in [0.1, 0.15) is 32.8 Å². The Balaban J connectivity index is 1.92. The molecule has 0 bridgehead atoms. The Bertz CT molecular complexity index is 724. The molecule has 0 aliphatic heterocycles. The zero-order valence-electron chi connectivity index (χ0n) is 16.5. The lowest BCUT2D eigenvalue weighted by Gasteiger charge is -2.12. The van der Waals surface area contributed by atoms with E-state index in [0.717, 1.165) is 43.3 Å². The van der Waals surface area contributed by atoms with Gasteiger partial charge in [-0.05, 0) is 43.2 Å². The van der Waals surface area contributed by atoms with E-state index in [4.69, 9.17) is 0 Å². The minimum atomic E-state index is 0.0107. The first-order chi connectivity index (χ1) is 13.1. The first-order valence-corrected chi connectivity index (χ1v) is 9.65. The van der Waals surface area contributed by atoms with Gasteiger partial charge in [0.1, 0.15) is 0 Å². The maximum absolute atomic E-state index is 12.1. The van der Waals surface area contributed by atoms with Gasteiger partial charge in [0, 0.05) is 43.6 Å². The second-order valence-corrected chi connectivity index (χ2v) is 6.54. The number of hydrogen-bond donors (Lipinski definition) is 3. The quantitative estimate of drug-likeness (QED) is 0.469. The van der Waals surface area contributed by atoms with E-state index in [9.17, 15) is 4.79 Å². The summed E-state index contributed by atoms with van der Waals surface area (Å²) in [5.41, 5.74) is 1.87. The topological polar surface area (TPSA) is 70.4 Å². The molecule has 6 nitrogen and oxygen atoms in total. The van der Waals surface area contributed by atoms with Crippen molar-refractivity contribution in [2.24, 2.45) is 10.9 Å². The predicted molar refractivity (Wildman–Crippen MR) is 112 cm³/mol. The molecule has 3 N–H and O–H groups in total. The normalized spacial score (nSPS) is 12.5. The predicted octanol–water partition coefficient (Wildman–Crippen LogP) is 3.23. The van der Waals surface area contributed by atoms with Crippen LogP contribution < -0.4 is 16.0 Å². The number of carbonyl (C=O) groups is 1. The van der Waals surface area contributed by atoms with Gasteiger partial charge in [-0.1, -0.05) is 26.0 Å². The van der Waals surface area contributed by atoms with E-state index in [1.54, 1.807) is 0 Å². The van der Waals surface area contributed by atoms with Gasteiger partial charge in [0.05, 0.1) is 6.54 Å². The summed E-state index contributed by atoms with van der Waals surface area (Å²) in [6.07, 6.45) is 4.92. The molecule has 27 heavy (non-hydrogen) atoms. The van der Waals surface area contributed by atoms with E-state index in [1.807, 2.05) is 69.6 Å². The van der Waals surface area contributed by atoms with E-state index in [2.05, 4.69) is 25.5 Å². The maximum Gasteiger partial charge on any atom is 0.227 e. The van der Waals surface area contributed by atoms with Crippen LogP contribution >= 0.6 is 0 Å². The summed E-state index contributed by atoms with van der Waals surface area (Å²) in [6.45, 7) is 9.03. The van der Waals surface area contributed by atoms with Crippen molar-refractivity contribution in [2.75, 3.05) is 18.4 Å². The van der Waals surface area contributed by atoms with Gasteiger partial charge in [-0.3, -0.25) is 4.79 Å². The number of nitrogens with one attached hydrogen (secondary N) is 3. The summed E-state index contributed by atoms with van der Waals surface area (Å²) < 4.78 is 2.13. The fourth-order valence-corrected chi connectivity index (χ4v) is 2.53. The molecule has 1 heterocycles. The van der Waals surface area contributed by atoms with Crippen molar-refractivity contribution in [1.82, 2.24) is 15.2 Å². The molecule has 0 aliphatic rings. The Labute approximate surface area is 162 Å². The van der Waals surface area contributed by atoms with E-state index < -0.39 is 0 Å². The average Bonchev–Trinajstić information content (AvgIpc) is 3.19. The fraction of sp³-hybridized carbons (Fsp3) is 0.429. The third kappa shape index (κ3) is 7.17. The lowest BCUT2D eigenvalue weighted by molar-refractivity contribution is -0.119. The van der Waals surface area contributed by atoms with Crippen LogP contribution in [0.5, 0.6) is 0 Å². The lowest BCUT2D eigenvalue weighted by atomic mass is 10.1. The molecular weight excluding hydrogens is 338 g/mol. The Kier molecular flexibility index (Phi) is 8.42. The summed E-state index contributed by atoms with van der Waals surface area (Å²) in [6, 6.07) is 11.9. The van der Waals surface area contributed by atoms with Crippen LogP contribution in [0.25, 0.3) is 0 Å². The molecule has 2 aromatic rings. The number of anilines is 1. The molecule has 1 atom stereocenters. The zero-order valence-corrected chi connectivity index (χ0v) is 16.5. The molecule has 1 unspecified atom stereocenters. The summed E-state index contributed by atoms with van der Waals surface area (Å²) in [5, 5.41) is 9.58. The molecule has 0 aliphatic carbocycles. The molecule has 1 aromatic heterocycles. The highest BCUT2D eigenvalue weighted by atomic mass is 16.1. The Morgan fingerprint density at radius 1 is 1.15 bits per heavy atom. The molecule has 6 heteroatoms. The molecule has 2 rings (SSSR count). The molecule has 0 saturated carbocycles. The lowest BCUT2D eigenvalue weighted by Crippen LogP contribution is -2.38. The van der Waals surface area contributed by atoms with Gasteiger partial charge in [0.2, 0.25) is 5.91 Å². The third-order valence-corrected chi connectivity index (χ3v) is 4.35. The molecule has 146 valence electrons. The van der Waals surface area contributed by atoms with Crippen molar-refractivity contribution in [1.29, 1.82) is 0 Å². The number of carbonyl (C=O) groups excluding carboxylic acids is 1. The van der Waals surface area contributed by atoms with Crippen LogP contribution in [0, 0.1) is 5.92 Å². The molecule has 1 amide bonds. The molecule has 0 radical (unpaired) electrons. The summed E-state index contributed by atoms with van der Waals surface area (Å²) in [5.74, 6) is 0.855. The second-order valence-electron chi connectivity index (χ2n) is 6.54. The van der Waals surface area contributed by atoms with Crippen LogP contribution in [0.4, 0.5) is 5.69 Å². The van der Waals surface area contributed by atoms with Crippen molar-refractivity contribution in [2.45, 2.75) is 40.3 Å². The SMILES string of the molecule is CCNC(=NCc1cccc(NC(=O)C(C)CC)c1)NCCn1cccc1. The van der Waals surface area contributed by atoms with Crippen LogP contribution in [0.15, 0.2) is 53.8 Å². The van der Waals surface area contributed by atoms with Crippen LogP contribution in [-0.4, -0.2) is 29.5 Å². The number of aliphatic imine (C=N–C) groups is 1. The number of benzene rings is 1. The molecular formula is C21H31N5O. The van der Waals surface area contributed by atoms with Gasteiger partial charge < -0.3 is 20.5 Å². The number of aromatic nitrogens is 1. The van der Waals surface area contributed by atoms with Crippen LogP contribution in [-0.2, 0) is 17.9 Å². The highest BCUT2D eigenvalue weighted by molar-refractivity contribution is 5.92. The first-order valence-electron chi connectivity index (χ1n) is 9.65. The van der Waals surface area contributed by atoms with Gasteiger partial charge in [-0.25, -0.2) is 4.99 Å². The number of nitrogens with zero attached hydrogens (tertiary/aromatic N) is 2. The maximum atomic E-state index is 12.1. The Morgan fingerprint density at radius 3 is 2.63 bits per heavy atom. The Morgan fingerprint density at radius 2 is 1.93 bits per heavy atom. The summed E-state index contributed by atoms with van der Waals surface area (Å²) >= 11 is 0. The number of amides is 1. The van der Waals surface area contributed by atoms with Gasteiger partial charge in [0.15, 0.2) is 5.96 Å². The van der Waals surface area contributed by atoms with Gasteiger partial charge in [-0.2, -0.15) is 0 Å². The average molecular weight is 370 g/mol. The van der Waals surface area contributed by atoms with Crippen molar-refractivity contribution >= 4 is 17.6 Å². The fourth-order valence-electron chi connectivity index (χ4n) is 2.53. The standard InChI is InChI=1S/C21H31N5O/c1-4-17(3)20(27)25-19-10-8-9-18(15-19)16-24-21(22-5-2)23-11-14-26-12-6-7-13-26/h6-10,12-13,15,17H,4-5,11,14,16H2,1-3H3,(H,25,27)(H2,22,23,24). The van der Waals surface area contributed by atoms with Crippen LogP contribution in [0.2, 0.25) is 0 Å². The van der Waals surface area contributed by atoms with E-state index >= 15 is 0 Å². The van der Waals surface area contributed by atoms with Crippen molar-refractivity contribution < 1.29 is 4.79 Å². The largest absolute Gasteiger partial charge is 0.357 e. The molecule has 0 spiro atoms. The molecule has 1 aromatic carbocycles. The highest BCUT2D eigenvalue weighted by Gasteiger charge is 2.10. The number of rotatable bonds is 9. The number of hydrogen-bond acceptors (Lipinski definition) is 2. The third-order valence-electron chi connectivity index (χ3n) is 4.35. The second kappa shape index (κ2) is 11.1. The monoisotopic (exact) mass is 369 g/mol. The van der Waals surface area contributed by atoms with Crippen molar-refractivity contribution in [3.8, 4) is 0 Å². The van der Waals surface area contributed by atoms with Gasteiger partial charge >= 0.3 is 0 Å². The van der Waals surface area contributed by atoms with E-state index in [-0.39, 0.29) is 11.8 Å². The summed E-state index contributed by atoms with van der Waals surface area (Å²) in [4.78, 5) is 16.7. The minimum Gasteiger partial charge on any atom is -0.357 e. The van der Waals surface area contributed by atoms with E-state index in [1.165, 1.54) is 0 Å². The summed E-state index contributed by atoms with van der Waals surface area (Å²) in [7, 11) is 0. The van der Waals surface area contributed by atoms with Crippen molar-refractivity contribution in [3.05, 3.63) is 54.4 Å². The number of guanidine groups is 1. The van der Waals surface area contributed by atoms with E-state index in [0.29, 0.717) is 6.54 Å². The zero-order chi connectivity index (χ0) is 19.5. The molecule has 0 saturated heterocycles.